The van der Waals surface area contributed by atoms with E-state index in [0.29, 0.717) is 5.69 Å². The summed E-state index contributed by atoms with van der Waals surface area (Å²) in [7, 11) is 1.63. The van der Waals surface area contributed by atoms with Crippen LogP contribution in [0.25, 0.3) is 5.69 Å². The molecule has 0 aliphatic carbocycles. The number of aromatic nitrogens is 2. The van der Waals surface area contributed by atoms with Gasteiger partial charge in [-0.25, -0.2) is 4.68 Å². The maximum Gasteiger partial charge on any atom is 0.274 e. The van der Waals surface area contributed by atoms with Crippen LogP contribution in [0.1, 0.15) is 34.6 Å². The van der Waals surface area contributed by atoms with Gasteiger partial charge in [0.2, 0.25) is 0 Å². The van der Waals surface area contributed by atoms with E-state index in [-0.39, 0.29) is 5.91 Å². The second-order valence-electron chi connectivity index (χ2n) is 7.42. The zero-order chi connectivity index (χ0) is 20.2. The van der Waals surface area contributed by atoms with E-state index in [2.05, 4.69) is 27.4 Å². The van der Waals surface area contributed by atoms with Crippen molar-refractivity contribution in [1.29, 1.82) is 0 Å². The molecule has 0 bridgehead atoms. The number of methoxy groups -OCH3 is 1. The summed E-state index contributed by atoms with van der Waals surface area (Å²) >= 11 is 0. The molecule has 0 unspecified atom stereocenters. The Kier molecular flexibility index (Phi) is 5.62. The molecule has 6 heteroatoms. The molecule has 1 aliphatic rings. The first-order valence-corrected chi connectivity index (χ1v) is 9.96. The lowest BCUT2D eigenvalue weighted by Gasteiger charge is -2.15. The van der Waals surface area contributed by atoms with E-state index in [9.17, 15) is 4.79 Å². The summed E-state index contributed by atoms with van der Waals surface area (Å²) in [6, 6.07) is 17.4. The molecular weight excluding hydrogens is 364 g/mol. The van der Waals surface area contributed by atoms with Crippen molar-refractivity contribution in [2.75, 3.05) is 25.5 Å². The second kappa shape index (κ2) is 8.49. The fourth-order valence-corrected chi connectivity index (χ4v) is 3.67. The van der Waals surface area contributed by atoms with Crippen molar-refractivity contribution in [1.82, 2.24) is 14.7 Å². The predicted molar refractivity (Wildman–Crippen MR) is 114 cm³/mol. The molecule has 2 aromatic carbocycles. The van der Waals surface area contributed by atoms with Crippen LogP contribution in [0.15, 0.2) is 54.6 Å². The van der Waals surface area contributed by atoms with E-state index in [0.717, 1.165) is 29.4 Å². The van der Waals surface area contributed by atoms with E-state index in [1.165, 1.54) is 31.5 Å². The number of likely N-dealkylation sites (tertiary alicyclic amines) is 1. The molecule has 0 spiro atoms. The molecule has 1 aromatic heterocycles. The third-order valence-electron chi connectivity index (χ3n) is 5.20. The summed E-state index contributed by atoms with van der Waals surface area (Å²) < 4.78 is 6.86. The SMILES string of the molecule is COc1ccc(-n2nc(C)cc2C(=O)Nc2ccc(CN3CCCC3)cc2)cc1. The number of hydrogen-bond acceptors (Lipinski definition) is 4. The number of benzene rings is 2. The number of rotatable bonds is 6. The van der Waals surface area contributed by atoms with Crippen LogP contribution in [0.4, 0.5) is 5.69 Å². The third kappa shape index (κ3) is 4.49. The number of hydrogen-bond donors (Lipinski definition) is 1. The molecule has 6 nitrogen and oxygen atoms in total. The molecule has 2 heterocycles. The van der Waals surface area contributed by atoms with Gasteiger partial charge in [0.05, 0.1) is 18.5 Å². The van der Waals surface area contributed by atoms with Gasteiger partial charge in [0.15, 0.2) is 0 Å². The Balaban J connectivity index is 1.48. The van der Waals surface area contributed by atoms with Crippen molar-refractivity contribution in [2.24, 2.45) is 0 Å². The highest BCUT2D eigenvalue weighted by molar-refractivity contribution is 6.03. The molecule has 150 valence electrons. The average molecular weight is 390 g/mol. The number of amides is 1. The topological polar surface area (TPSA) is 59.4 Å². The van der Waals surface area contributed by atoms with Crippen LogP contribution in [0, 0.1) is 6.92 Å². The fraction of sp³-hybridized carbons (Fsp3) is 0.304. The number of aryl methyl sites for hydroxylation is 1. The summed E-state index contributed by atoms with van der Waals surface area (Å²) in [5.41, 5.74) is 4.13. The zero-order valence-corrected chi connectivity index (χ0v) is 16.9. The molecule has 0 radical (unpaired) electrons. The van der Waals surface area contributed by atoms with Crippen LogP contribution in [0.3, 0.4) is 0 Å². The lowest BCUT2D eigenvalue weighted by molar-refractivity contribution is 0.101. The Hall–Kier alpha value is -3.12. The summed E-state index contributed by atoms with van der Waals surface area (Å²) in [4.78, 5) is 15.4. The minimum absolute atomic E-state index is 0.186. The van der Waals surface area contributed by atoms with E-state index in [1.54, 1.807) is 17.9 Å². The standard InChI is InChI=1S/C23H26N4O2/c1-17-15-22(27(25-17)20-9-11-21(29-2)12-10-20)23(28)24-19-7-5-18(6-8-19)16-26-13-3-4-14-26/h5-12,15H,3-4,13-14,16H2,1-2H3,(H,24,28). The summed E-state index contributed by atoms with van der Waals surface area (Å²) in [6.45, 7) is 5.20. The monoisotopic (exact) mass is 390 g/mol. The molecule has 4 rings (SSSR count). The van der Waals surface area contributed by atoms with Crippen LogP contribution < -0.4 is 10.1 Å². The molecule has 1 aliphatic heterocycles. The van der Waals surface area contributed by atoms with E-state index in [1.807, 2.05) is 43.3 Å². The average Bonchev–Trinajstić information content (AvgIpc) is 3.39. The first-order chi connectivity index (χ1) is 14.1. The van der Waals surface area contributed by atoms with Crippen LogP contribution in [0.2, 0.25) is 0 Å². The van der Waals surface area contributed by atoms with Crippen LogP contribution in [0.5, 0.6) is 5.75 Å². The van der Waals surface area contributed by atoms with Gasteiger partial charge in [-0.15, -0.1) is 0 Å². The Bertz CT molecular complexity index is 971. The first-order valence-electron chi connectivity index (χ1n) is 9.96. The summed E-state index contributed by atoms with van der Waals surface area (Å²) in [6.07, 6.45) is 2.57. The molecule has 1 N–H and O–H groups in total. The molecule has 1 amide bonds. The Morgan fingerprint density at radius 1 is 1.07 bits per heavy atom. The number of ether oxygens (including phenoxy) is 1. The van der Waals surface area contributed by atoms with Gasteiger partial charge in [0.25, 0.3) is 5.91 Å². The van der Waals surface area contributed by atoms with Crippen molar-refractivity contribution in [3.63, 3.8) is 0 Å². The zero-order valence-electron chi connectivity index (χ0n) is 16.9. The number of nitrogens with zero attached hydrogens (tertiary/aromatic N) is 3. The van der Waals surface area contributed by atoms with Gasteiger partial charge < -0.3 is 10.1 Å². The largest absolute Gasteiger partial charge is 0.497 e. The highest BCUT2D eigenvalue weighted by Crippen LogP contribution is 2.19. The molecule has 1 fully saturated rings. The van der Waals surface area contributed by atoms with Crippen molar-refractivity contribution in [3.05, 3.63) is 71.5 Å². The maximum absolute atomic E-state index is 12.9. The van der Waals surface area contributed by atoms with Crippen molar-refractivity contribution >= 4 is 11.6 Å². The van der Waals surface area contributed by atoms with Crippen LogP contribution in [-0.4, -0.2) is 40.8 Å². The quantitative estimate of drug-likeness (QED) is 0.690. The fourth-order valence-electron chi connectivity index (χ4n) is 3.67. The molecule has 1 saturated heterocycles. The van der Waals surface area contributed by atoms with Crippen LogP contribution >= 0.6 is 0 Å². The van der Waals surface area contributed by atoms with Crippen LogP contribution in [-0.2, 0) is 6.54 Å². The van der Waals surface area contributed by atoms with Crippen molar-refractivity contribution < 1.29 is 9.53 Å². The molecule has 0 atom stereocenters. The number of anilines is 1. The highest BCUT2D eigenvalue weighted by Gasteiger charge is 2.16. The first kappa shape index (κ1) is 19.2. The van der Waals surface area contributed by atoms with Gasteiger partial charge in [-0.2, -0.15) is 5.10 Å². The summed E-state index contributed by atoms with van der Waals surface area (Å²) in [5.74, 6) is 0.575. The minimum Gasteiger partial charge on any atom is -0.497 e. The number of carbonyl (C=O) groups is 1. The van der Waals surface area contributed by atoms with Crippen molar-refractivity contribution in [3.8, 4) is 11.4 Å². The van der Waals surface area contributed by atoms with Gasteiger partial charge in [-0.3, -0.25) is 9.69 Å². The summed E-state index contributed by atoms with van der Waals surface area (Å²) in [5, 5.41) is 7.47. The van der Waals surface area contributed by atoms with E-state index >= 15 is 0 Å². The van der Waals surface area contributed by atoms with Crippen molar-refractivity contribution in [2.45, 2.75) is 26.3 Å². The Morgan fingerprint density at radius 3 is 2.41 bits per heavy atom. The van der Waals surface area contributed by atoms with E-state index in [4.69, 9.17) is 4.74 Å². The molecule has 3 aromatic rings. The number of nitrogens with one attached hydrogen (secondary N) is 1. The van der Waals surface area contributed by atoms with E-state index < -0.39 is 0 Å². The Labute approximate surface area is 171 Å². The van der Waals surface area contributed by atoms with Gasteiger partial charge in [0.1, 0.15) is 11.4 Å². The Morgan fingerprint density at radius 2 is 1.76 bits per heavy atom. The normalized spacial score (nSPS) is 14.1. The van der Waals surface area contributed by atoms with Gasteiger partial charge in [-0.1, -0.05) is 12.1 Å². The second-order valence-corrected chi connectivity index (χ2v) is 7.42. The smallest absolute Gasteiger partial charge is 0.274 e. The lowest BCUT2D eigenvalue weighted by atomic mass is 10.2. The van der Waals surface area contributed by atoms with Gasteiger partial charge in [-0.05, 0) is 80.9 Å². The minimum atomic E-state index is -0.186. The third-order valence-corrected chi connectivity index (χ3v) is 5.20. The lowest BCUT2D eigenvalue weighted by Crippen LogP contribution is -2.18. The van der Waals surface area contributed by atoms with Gasteiger partial charge >= 0.3 is 0 Å². The molecule has 29 heavy (non-hydrogen) atoms. The highest BCUT2D eigenvalue weighted by atomic mass is 16.5. The predicted octanol–water partition coefficient (Wildman–Crippen LogP) is 4.04. The molecular formula is C23H26N4O2. The van der Waals surface area contributed by atoms with Gasteiger partial charge in [0, 0.05) is 12.2 Å². The number of carbonyl (C=O) groups excluding carboxylic acids is 1. The molecule has 0 saturated carbocycles. The maximum atomic E-state index is 12.9.